The van der Waals surface area contributed by atoms with Gasteiger partial charge in [0.1, 0.15) is 12.2 Å². The van der Waals surface area contributed by atoms with E-state index in [1.165, 1.54) is 24.2 Å². The van der Waals surface area contributed by atoms with Crippen molar-refractivity contribution in [2.24, 2.45) is 0 Å². The highest BCUT2D eigenvalue weighted by molar-refractivity contribution is 6.30. The van der Waals surface area contributed by atoms with Crippen LogP contribution in [0.4, 0.5) is 16.2 Å². The second-order valence-corrected chi connectivity index (χ2v) is 10.2. The number of anilines is 2. The first kappa shape index (κ1) is 29.4. The number of hydrogen-bond donors (Lipinski definition) is 5. The van der Waals surface area contributed by atoms with Crippen molar-refractivity contribution in [1.29, 1.82) is 0 Å². The molecule has 5 N–H and O–H groups in total. The highest BCUT2D eigenvalue weighted by Crippen LogP contribution is 2.32. The molecule has 0 aliphatic carbocycles. The van der Waals surface area contributed by atoms with Gasteiger partial charge in [0, 0.05) is 34.1 Å². The van der Waals surface area contributed by atoms with Crippen LogP contribution in [-0.2, 0) is 14.3 Å². The number of rotatable bonds is 5. The van der Waals surface area contributed by atoms with E-state index >= 15 is 0 Å². The van der Waals surface area contributed by atoms with Gasteiger partial charge in [-0.15, -0.1) is 5.10 Å². The van der Waals surface area contributed by atoms with Crippen LogP contribution in [0.3, 0.4) is 0 Å². The minimum absolute atomic E-state index is 0.123. The largest absolute Gasteiger partial charge is 0.453 e. The van der Waals surface area contributed by atoms with Crippen LogP contribution < -0.4 is 16.0 Å². The summed E-state index contributed by atoms with van der Waals surface area (Å²) in [6.07, 6.45) is 5.72. The van der Waals surface area contributed by atoms with Crippen molar-refractivity contribution in [1.82, 2.24) is 35.5 Å². The Balaban J connectivity index is 1.41. The van der Waals surface area contributed by atoms with Gasteiger partial charge in [0.05, 0.1) is 42.7 Å². The minimum atomic E-state index is -0.893. The Morgan fingerprint density at radius 2 is 2.07 bits per heavy atom. The van der Waals surface area contributed by atoms with E-state index in [0.29, 0.717) is 64.0 Å². The Hall–Kier alpha value is -5.08. The van der Waals surface area contributed by atoms with Crippen LogP contribution in [-0.4, -0.2) is 66.4 Å². The number of tetrazole rings is 1. The second-order valence-electron chi connectivity index (χ2n) is 9.74. The fraction of sp³-hybridized carbons (Fsp3) is 0.250. The lowest BCUT2D eigenvalue weighted by Crippen LogP contribution is -2.28. The average molecular weight is 606 g/mol. The van der Waals surface area contributed by atoms with E-state index in [0.717, 1.165) is 0 Å². The molecule has 15 heteroatoms. The van der Waals surface area contributed by atoms with Crippen molar-refractivity contribution in [3.8, 4) is 16.9 Å². The summed E-state index contributed by atoms with van der Waals surface area (Å²) in [5, 5.41) is 30.6. The molecule has 0 saturated heterocycles. The first-order valence-electron chi connectivity index (χ1n) is 13.3. The maximum Gasteiger partial charge on any atom is 0.411 e. The van der Waals surface area contributed by atoms with E-state index < -0.39 is 24.1 Å². The fourth-order valence-corrected chi connectivity index (χ4v) is 4.83. The summed E-state index contributed by atoms with van der Waals surface area (Å²) in [6.45, 7) is 0. The molecule has 0 fully saturated rings. The quantitative estimate of drug-likeness (QED) is 0.211. The van der Waals surface area contributed by atoms with Crippen molar-refractivity contribution < 1.29 is 24.2 Å². The standard InChI is InChI=1S/C28H28ClN9O5/c1-43-28(42)32-18-7-8-20-22(12-18)34-26(41)13-19(39)3-2-4-21(27-30-14-23(20)35-27)33-25(40)10-5-16-11-17(29)6-9-24(16)38-15-31-36-37-38/h5-12,14-15,19,21,39H,2-4,13H2,1H3,(H,30,35)(H,32,42)(H,33,40)(H,34,41)/b10-5+/t19-,21?/m0/s1. The van der Waals surface area contributed by atoms with Crippen LogP contribution in [0.15, 0.2) is 55.0 Å². The van der Waals surface area contributed by atoms with Crippen LogP contribution in [0.25, 0.3) is 23.0 Å². The number of aliphatic hydroxyl groups excluding tert-OH is 1. The van der Waals surface area contributed by atoms with E-state index in [2.05, 4.69) is 41.2 Å². The summed E-state index contributed by atoms with van der Waals surface area (Å²) >= 11 is 6.19. The molecule has 3 amide bonds. The molecule has 4 aromatic rings. The van der Waals surface area contributed by atoms with Gasteiger partial charge < -0.3 is 25.5 Å². The summed E-state index contributed by atoms with van der Waals surface area (Å²) in [4.78, 5) is 45.4. The number of aliphatic hydroxyl groups is 1. The monoisotopic (exact) mass is 605 g/mol. The molecular weight excluding hydrogens is 578 g/mol. The Labute approximate surface area is 250 Å². The van der Waals surface area contributed by atoms with Crippen molar-refractivity contribution in [2.75, 3.05) is 17.7 Å². The number of imidazole rings is 1. The van der Waals surface area contributed by atoms with E-state index in [9.17, 15) is 19.5 Å². The lowest BCUT2D eigenvalue weighted by molar-refractivity contribution is -0.118. The average Bonchev–Trinajstić information content (AvgIpc) is 3.68. The number of aromatic amines is 1. The number of nitrogens with one attached hydrogen (secondary N) is 4. The van der Waals surface area contributed by atoms with Crippen LogP contribution in [0.1, 0.15) is 43.1 Å². The summed E-state index contributed by atoms with van der Waals surface area (Å²) in [6, 6.07) is 9.53. The van der Waals surface area contributed by atoms with Gasteiger partial charge in [-0.1, -0.05) is 11.6 Å². The van der Waals surface area contributed by atoms with Gasteiger partial charge in [0.2, 0.25) is 11.8 Å². The summed E-state index contributed by atoms with van der Waals surface area (Å²) < 4.78 is 6.12. The molecule has 222 valence electrons. The number of benzene rings is 2. The summed E-state index contributed by atoms with van der Waals surface area (Å²) in [7, 11) is 1.25. The first-order chi connectivity index (χ1) is 20.8. The maximum atomic E-state index is 13.1. The number of halogens is 1. The summed E-state index contributed by atoms with van der Waals surface area (Å²) in [5.74, 6) is -0.279. The van der Waals surface area contributed by atoms with Gasteiger partial charge in [0.15, 0.2) is 0 Å². The molecule has 2 aromatic carbocycles. The van der Waals surface area contributed by atoms with Gasteiger partial charge in [-0.2, -0.15) is 4.68 Å². The number of H-pyrrole nitrogens is 1. The molecule has 43 heavy (non-hydrogen) atoms. The Bertz CT molecular complexity index is 1650. The number of hydrogen-bond acceptors (Lipinski definition) is 9. The molecular formula is C28H28ClN9O5. The number of aromatic nitrogens is 6. The second kappa shape index (κ2) is 13.3. The predicted octanol–water partition coefficient (Wildman–Crippen LogP) is 3.63. The topological polar surface area (TPSA) is 189 Å². The predicted molar refractivity (Wildman–Crippen MR) is 157 cm³/mol. The number of methoxy groups -OCH3 is 1. The van der Waals surface area contributed by atoms with Crippen LogP contribution in [0, 0.1) is 0 Å². The van der Waals surface area contributed by atoms with Crippen molar-refractivity contribution in [3.05, 3.63) is 71.4 Å². The Kier molecular flexibility index (Phi) is 9.08. The maximum absolute atomic E-state index is 13.1. The highest BCUT2D eigenvalue weighted by atomic mass is 35.5. The molecule has 1 aliphatic heterocycles. The number of nitrogens with zero attached hydrogens (tertiary/aromatic N) is 5. The molecule has 0 spiro atoms. The number of ether oxygens (including phenoxy) is 1. The molecule has 14 nitrogen and oxygen atoms in total. The lowest BCUT2D eigenvalue weighted by atomic mass is 10.0. The summed E-state index contributed by atoms with van der Waals surface area (Å²) in [5.41, 5.74) is 3.12. The normalized spacial score (nSPS) is 17.1. The zero-order chi connectivity index (χ0) is 30.3. The smallest absolute Gasteiger partial charge is 0.411 e. The molecule has 0 radical (unpaired) electrons. The molecule has 2 bridgehead atoms. The molecule has 3 heterocycles. The number of carbonyl (C=O) groups excluding carboxylic acids is 3. The Morgan fingerprint density at radius 1 is 1.21 bits per heavy atom. The molecule has 1 unspecified atom stereocenters. The number of amides is 3. The molecule has 5 rings (SSSR count). The molecule has 1 aliphatic rings. The third-order valence-electron chi connectivity index (χ3n) is 6.70. The van der Waals surface area contributed by atoms with E-state index in [1.807, 2.05) is 0 Å². The molecule has 0 saturated carbocycles. The van der Waals surface area contributed by atoms with Gasteiger partial charge in [-0.05, 0) is 72.2 Å². The van der Waals surface area contributed by atoms with Gasteiger partial charge >= 0.3 is 6.09 Å². The number of carbonyl (C=O) groups is 3. The highest BCUT2D eigenvalue weighted by Gasteiger charge is 2.22. The molecule has 2 atom stereocenters. The number of fused-ring (bicyclic) bond motifs is 4. The minimum Gasteiger partial charge on any atom is -0.453 e. The Morgan fingerprint density at radius 3 is 2.86 bits per heavy atom. The van der Waals surface area contributed by atoms with Crippen LogP contribution in [0.2, 0.25) is 5.02 Å². The SMILES string of the molecule is COC(=O)Nc1ccc2c(c1)NC(=O)C[C@@H](O)CCCC(NC(=O)/C=C/c1cc(Cl)ccc1-n1cnnn1)c1nc-2c[nH]1. The zero-order valence-corrected chi connectivity index (χ0v) is 23.7. The van der Waals surface area contributed by atoms with E-state index in [4.69, 9.17) is 16.6 Å². The van der Waals surface area contributed by atoms with Gasteiger partial charge in [-0.25, -0.2) is 9.78 Å². The third-order valence-corrected chi connectivity index (χ3v) is 6.93. The van der Waals surface area contributed by atoms with E-state index in [-0.39, 0.29) is 12.3 Å². The first-order valence-corrected chi connectivity index (χ1v) is 13.7. The van der Waals surface area contributed by atoms with Gasteiger partial charge in [-0.3, -0.25) is 14.9 Å². The van der Waals surface area contributed by atoms with Crippen LogP contribution in [0.5, 0.6) is 0 Å². The van der Waals surface area contributed by atoms with Gasteiger partial charge in [0.25, 0.3) is 0 Å². The van der Waals surface area contributed by atoms with Crippen molar-refractivity contribution in [2.45, 2.75) is 37.8 Å². The third kappa shape index (κ3) is 7.42. The van der Waals surface area contributed by atoms with Crippen molar-refractivity contribution in [3.63, 3.8) is 0 Å². The van der Waals surface area contributed by atoms with Crippen molar-refractivity contribution >= 4 is 47.0 Å². The van der Waals surface area contributed by atoms with Crippen LogP contribution >= 0.6 is 11.6 Å². The zero-order valence-electron chi connectivity index (χ0n) is 23.0. The fourth-order valence-electron chi connectivity index (χ4n) is 4.65. The lowest BCUT2D eigenvalue weighted by Gasteiger charge is -2.17. The molecule has 2 aromatic heterocycles. The van der Waals surface area contributed by atoms with E-state index in [1.54, 1.807) is 48.7 Å².